The number of carboxylic acids is 1. The molecule has 1 aliphatic rings. The van der Waals surface area contributed by atoms with E-state index in [0.717, 1.165) is 11.1 Å². The number of carbonyl (C=O) groups is 1. The zero-order valence-electron chi connectivity index (χ0n) is 15.4. The molecule has 0 bridgehead atoms. The molecule has 0 amide bonds. The van der Waals surface area contributed by atoms with E-state index in [1.54, 1.807) is 14.2 Å². The molecule has 6 heteroatoms. The van der Waals surface area contributed by atoms with Gasteiger partial charge in [-0.1, -0.05) is 6.07 Å². The molecule has 142 valence electrons. The van der Waals surface area contributed by atoms with Crippen molar-refractivity contribution in [1.82, 2.24) is 0 Å². The molecule has 0 radical (unpaired) electrons. The molecule has 1 aromatic heterocycles. The first-order valence-electron chi connectivity index (χ1n) is 8.78. The Bertz CT molecular complexity index is 1190. The molecule has 0 unspecified atom stereocenters. The minimum Gasteiger partial charge on any atom is -0.493 e. The second-order valence-corrected chi connectivity index (χ2v) is 6.54. The minimum absolute atomic E-state index is 0.0684. The Morgan fingerprint density at radius 1 is 1.07 bits per heavy atom. The van der Waals surface area contributed by atoms with Crippen LogP contribution in [0.5, 0.6) is 11.5 Å². The van der Waals surface area contributed by atoms with E-state index in [-0.39, 0.29) is 11.0 Å². The topological polar surface area (TPSA) is 86.0 Å². The maximum atomic E-state index is 12.9. The van der Waals surface area contributed by atoms with Gasteiger partial charge in [0.15, 0.2) is 16.9 Å². The van der Waals surface area contributed by atoms with E-state index >= 15 is 0 Å². The van der Waals surface area contributed by atoms with Gasteiger partial charge in [0, 0.05) is 5.56 Å². The second-order valence-electron chi connectivity index (χ2n) is 6.54. The Morgan fingerprint density at radius 3 is 2.57 bits per heavy atom. The summed E-state index contributed by atoms with van der Waals surface area (Å²) in [4.78, 5) is 24.0. The monoisotopic (exact) mass is 378 g/mol. The first-order valence-corrected chi connectivity index (χ1v) is 8.78. The van der Waals surface area contributed by atoms with Crippen LogP contribution in [-0.4, -0.2) is 25.3 Å². The van der Waals surface area contributed by atoms with Gasteiger partial charge in [0.2, 0.25) is 0 Å². The van der Waals surface area contributed by atoms with Crippen LogP contribution in [0.1, 0.15) is 33.7 Å². The molecule has 0 fully saturated rings. The number of methoxy groups -OCH3 is 2. The van der Waals surface area contributed by atoms with Gasteiger partial charge in [-0.3, -0.25) is 4.79 Å². The summed E-state index contributed by atoms with van der Waals surface area (Å²) in [6, 6.07) is 9.94. The van der Waals surface area contributed by atoms with Gasteiger partial charge in [0.25, 0.3) is 0 Å². The van der Waals surface area contributed by atoms with Gasteiger partial charge in [-0.2, -0.15) is 0 Å². The molecule has 3 aromatic rings. The number of fused-ring (bicyclic) bond motifs is 2. The van der Waals surface area contributed by atoms with Gasteiger partial charge in [-0.15, -0.1) is 0 Å². The highest BCUT2D eigenvalue weighted by molar-refractivity contribution is 5.94. The van der Waals surface area contributed by atoms with Crippen molar-refractivity contribution in [2.45, 2.75) is 12.8 Å². The van der Waals surface area contributed by atoms with Crippen LogP contribution in [-0.2, 0) is 6.42 Å². The van der Waals surface area contributed by atoms with E-state index in [4.69, 9.17) is 19.0 Å². The summed E-state index contributed by atoms with van der Waals surface area (Å²) in [7, 11) is 3.16. The first kappa shape index (κ1) is 17.9. The Labute approximate surface area is 160 Å². The molecule has 0 saturated carbocycles. The van der Waals surface area contributed by atoms with Crippen LogP contribution in [0.25, 0.3) is 22.6 Å². The van der Waals surface area contributed by atoms with Crippen LogP contribution in [0.4, 0.5) is 0 Å². The summed E-state index contributed by atoms with van der Waals surface area (Å²) >= 11 is 0. The zero-order chi connectivity index (χ0) is 19.8. The molecule has 0 saturated heterocycles. The quantitative estimate of drug-likeness (QED) is 0.739. The third-order valence-electron chi connectivity index (χ3n) is 4.92. The van der Waals surface area contributed by atoms with Crippen LogP contribution < -0.4 is 14.9 Å². The Morgan fingerprint density at radius 2 is 1.86 bits per heavy atom. The van der Waals surface area contributed by atoms with Crippen molar-refractivity contribution in [1.29, 1.82) is 0 Å². The SMILES string of the molecule is COc1ccc(/C=C2\CCc3c2oc2ccc(C(=O)O)cc2c3=O)cc1OC. The van der Waals surface area contributed by atoms with Gasteiger partial charge in [-0.05, 0) is 60.4 Å². The van der Waals surface area contributed by atoms with Crippen LogP contribution >= 0.6 is 0 Å². The van der Waals surface area contributed by atoms with E-state index < -0.39 is 5.97 Å². The number of allylic oxidation sites excluding steroid dienone is 1. The van der Waals surface area contributed by atoms with E-state index in [1.807, 2.05) is 24.3 Å². The lowest BCUT2D eigenvalue weighted by molar-refractivity contribution is 0.0697. The summed E-state index contributed by atoms with van der Waals surface area (Å²) in [6.45, 7) is 0. The molecule has 4 rings (SSSR count). The summed E-state index contributed by atoms with van der Waals surface area (Å²) in [5, 5.41) is 9.45. The molecule has 6 nitrogen and oxygen atoms in total. The third kappa shape index (κ3) is 2.93. The van der Waals surface area contributed by atoms with Gasteiger partial charge < -0.3 is 19.0 Å². The summed E-state index contributed by atoms with van der Waals surface area (Å²) in [6.07, 6.45) is 3.20. The number of carboxylic acid groups (broad SMARTS) is 1. The van der Waals surface area contributed by atoms with E-state index in [0.29, 0.717) is 46.6 Å². The first-order chi connectivity index (χ1) is 13.5. The van der Waals surface area contributed by atoms with Crippen LogP contribution in [0, 0.1) is 0 Å². The lowest BCUT2D eigenvalue weighted by Crippen LogP contribution is -2.09. The van der Waals surface area contributed by atoms with Gasteiger partial charge in [-0.25, -0.2) is 4.79 Å². The largest absolute Gasteiger partial charge is 0.493 e. The molecule has 2 aromatic carbocycles. The number of aromatic carboxylic acids is 1. The Kier molecular flexibility index (Phi) is 4.39. The van der Waals surface area contributed by atoms with Crippen LogP contribution in [0.15, 0.2) is 45.6 Å². The smallest absolute Gasteiger partial charge is 0.335 e. The normalized spacial score (nSPS) is 14.3. The van der Waals surface area contributed by atoms with Gasteiger partial charge >= 0.3 is 5.97 Å². The zero-order valence-corrected chi connectivity index (χ0v) is 15.4. The highest BCUT2D eigenvalue weighted by Crippen LogP contribution is 2.35. The predicted molar refractivity (Wildman–Crippen MR) is 105 cm³/mol. The fraction of sp³-hybridized carbons (Fsp3) is 0.182. The molecule has 1 heterocycles. The van der Waals surface area contributed by atoms with E-state index in [2.05, 4.69) is 0 Å². The number of hydrogen-bond donors (Lipinski definition) is 1. The highest BCUT2D eigenvalue weighted by atomic mass is 16.5. The number of hydrogen-bond acceptors (Lipinski definition) is 5. The summed E-state index contributed by atoms with van der Waals surface area (Å²) in [5.41, 5.74) is 2.69. The lowest BCUT2D eigenvalue weighted by Gasteiger charge is -2.08. The van der Waals surface area contributed by atoms with E-state index in [9.17, 15) is 9.59 Å². The van der Waals surface area contributed by atoms with Crippen molar-refractivity contribution >= 4 is 28.6 Å². The second kappa shape index (κ2) is 6.88. The molecule has 28 heavy (non-hydrogen) atoms. The molecule has 1 aliphatic carbocycles. The van der Waals surface area contributed by atoms with Crippen molar-refractivity contribution in [3.05, 3.63) is 69.1 Å². The fourth-order valence-corrected chi connectivity index (χ4v) is 3.51. The molecular formula is C22H18O6. The third-order valence-corrected chi connectivity index (χ3v) is 4.92. The maximum Gasteiger partial charge on any atom is 0.335 e. The van der Waals surface area contributed by atoms with Crippen molar-refractivity contribution in [2.75, 3.05) is 14.2 Å². The van der Waals surface area contributed by atoms with Crippen LogP contribution in [0.2, 0.25) is 0 Å². The molecule has 0 spiro atoms. The van der Waals surface area contributed by atoms with E-state index in [1.165, 1.54) is 18.2 Å². The molecule has 1 N–H and O–H groups in total. The highest BCUT2D eigenvalue weighted by Gasteiger charge is 2.24. The predicted octanol–water partition coefficient (Wildman–Crippen LogP) is 4.00. The number of benzene rings is 2. The average molecular weight is 378 g/mol. The summed E-state index contributed by atoms with van der Waals surface area (Å²) in [5.74, 6) is 0.755. The number of rotatable bonds is 4. The fourth-order valence-electron chi connectivity index (χ4n) is 3.51. The van der Waals surface area contributed by atoms with Crippen LogP contribution in [0.3, 0.4) is 0 Å². The van der Waals surface area contributed by atoms with Crippen molar-refractivity contribution < 1.29 is 23.8 Å². The minimum atomic E-state index is -1.07. The molecule has 0 aliphatic heterocycles. The standard InChI is InChI=1S/C22H18O6/c1-26-18-7-3-12(10-19(18)27-2)9-13-4-6-15-20(23)16-11-14(22(24)25)5-8-17(16)28-21(13)15/h3,5,7-11H,4,6H2,1-2H3,(H,24,25)/b13-9+. The van der Waals surface area contributed by atoms with Crippen molar-refractivity contribution in [3.63, 3.8) is 0 Å². The van der Waals surface area contributed by atoms with Crippen molar-refractivity contribution in [2.24, 2.45) is 0 Å². The molecule has 0 atom stereocenters. The maximum absolute atomic E-state index is 12.9. The van der Waals surface area contributed by atoms with Gasteiger partial charge in [0.1, 0.15) is 11.3 Å². The summed E-state index contributed by atoms with van der Waals surface area (Å²) < 4.78 is 16.6. The number of ether oxygens (including phenoxy) is 2. The van der Waals surface area contributed by atoms with Crippen molar-refractivity contribution in [3.8, 4) is 11.5 Å². The Balaban J connectivity index is 1.82. The average Bonchev–Trinajstić information content (AvgIpc) is 3.10. The lowest BCUT2D eigenvalue weighted by atomic mass is 10.1. The van der Waals surface area contributed by atoms with Gasteiger partial charge in [0.05, 0.1) is 25.2 Å². The Hall–Kier alpha value is -3.54. The molecular weight excluding hydrogens is 360 g/mol.